The van der Waals surface area contributed by atoms with Crippen LogP contribution in [0.2, 0.25) is 0 Å². The molecule has 0 fully saturated rings. The number of hydrogen-bond acceptors (Lipinski definition) is 6. The van der Waals surface area contributed by atoms with Crippen molar-refractivity contribution in [3.63, 3.8) is 0 Å². The summed E-state index contributed by atoms with van der Waals surface area (Å²) < 4.78 is 16.8. The maximum atomic E-state index is 12.8. The van der Waals surface area contributed by atoms with E-state index in [1.165, 1.54) is 135 Å². The summed E-state index contributed by atoms with van der Waals surface area (Å²) in [4.78, 5) is 38.0. The van der Waals surface area contributed by atoms with Gasteiger partial charge in [0, 0.05) is 19.3 Å². The summed E-state index contributed by atoms with van der Waals surface area (Å²) in [6.07, 6.45) is 63.4. The fourth-order valence-electron chi connectivity index (χ4n) is 7.49. The maximum absolute atomic E-state index is 12.8. The summed E-state index contributed by atoms with van der Waals surface area (Å²) in [5.41, 5.74) is 0. The third-order valence-electron chi connectivity index (χ3n) is 11.6. The molecule has 1 unspecified atom stereocenters. The van der Waals surface area contributed by atoms with Crippen LogP contribution in [0, 0.1) is 0 Å². The van der Waals surface area contributed by atoms with Crippen molar-refractivity contribution in [2.24, 2.45) is 0 Å². The average molecular weight is 881 g/mol. The van der Waals surface area contributed by atoms with Crippen molar-refractivity contribution >= 4 is 17.9 Å². The van der Waals surface area contributed by atoms with E-state index in [1.54, 1.807) is 0 Å². The molecule has 0 aromatic carbocycles. The second-order valence-corrected chi connectivity index (χ2v) is 17.9. The number of carbonyl (C=O) groups excluding carboxylic acids is 3. The van der Waals surface area contributed by atoms with Gasteiger partial charge in [0.15, 0.2) is 6.10 Å². The zero-order valence-corrected chi connectivity index (χ0v) is 41.6. The second kappa shape index (κ2) is 51.7. The van der Waals surface area contributed by atoms with Crippen LogP contribution in [0.3, 0.4) is 0 Å². The van der Waals surface area contributed by atoms with Gasteiger partial charge in [-0.1, -0.05) is 242 Å². The first-order chi connectivity index (χ1) is 31.0. The lowest BCUT2D eigenvalue weighted by molar-refractivity contribution is -0.167. The Morgan fingerprint density at radius 2 is 0.603 bits per heavy atom. The minimum atomic E-state index is -0.784. The standard InChI is InChI=1S/C57H100O6/c1-4-7-10-13-16-19-22-24-26-28-29-31-32-35-38-41-44-47-50-56(59)62-53-54(52-61-55(58)49-46-43-40-37-34-21-18-15-12-9-6-3)63-57(60)51-48-45-42-39-36-33-30-27-25-23-20-17-14-11-8-5-2/h15-16,18-19,22,24,26,28-29,31,54H,4-14,17,20-21,23,25,27,30,32-53H2,1-3H3/b18-15-,19-16-,24-22-,28-26-,31-29-. The highest BCUT2D eigenvalue weighted by Crippen LogP contribution is 2.16. The first-order valence-corrected chi connectivity index (χ1v) is 26.8. The summed E-state index contributed by atoms with van der Waals surface area (Å²) >= 11 is 0. The molecule has 0 aromatic heterocycles. The van der Waals surface area contributed by atoms with Crippen LogP contribution in [0.1, 0.15) is 265 Å². The first kappa shape index (κ1) is 60.1. The van der Waals surface area contributed by atoms with Crippen LogP contribution in [0.25, 0.3) is 0 Å². The Bertz CT molecular complexity index is 1150. The Balaban J connectivity index is 4.39. The molecule has 0 heterocycles. The van der Waals surface area contributed by atoms with Crippen LogP contribution in [0.15, 0.2) is 60.8 Å². The molecule has 364 valence electrons. The molecule has 6 nitrogen and oxygen atoms in total. The molecule has 0 aliphatic rings. The second-order valence-electron chi connectivity index (χ2n) is 17.9. The fourth-order valence-corrected chi connectivity index (χ4v) is 7.49. The topological polar surface area (TPSA) is 78.9 Å². The minimum absolute atomic E-state index is 0.0847. The van der Waals surface area contributed by atoms with Crippen LogP contribution in [0.5, 0.6) is 0 Å². The van der Waals surface area contributed by atoms with Gasteiger partial charge in [0.25, 0.3) is 0 Å². The molecule has 0 rings (SSSR count). The Morgan fingerprint density at radius 3 is 1.02 bits per heavy atom. The van der Waals surface area contributed by atoms with E-state index in [2.05, 4.69) is 81.5 Å². The zero-order chi connectivity index (χ0) is 45.8. The lowest BCUT2D eigenvalue weighted by atomic mass is 10.0. The van der Waals surface area contributed by atoms with Crippen molar-refractivity contribution in [2.75, 3.05) is 13.2 Å². The quantitative estimate of drug-likeness (QED) is 0.0199. The van der Waals surface area contributed by atoms with Crippen molar-refractivity contribution < 1.29 is 28.6 Å². The van der Waals surface area contributed by atoms with Crippen LogP contribution in [-0.4, -0.2) is 37.2 Å². The predicted octanol–water partition coefficient (Wildman–Crippen LogP) is 17.6. The van der Waals surface area contributed by atoms with Gasteiger partial charge in [-0.3, -0.25) is 14.4 Å². The molecule has 1 atom stereocenters. The molecule has 6 heteroatoms. The molecule has 0 aromatic rings. The van der Waals surface area contributed by atoms with E-state index in [-0.39, 0.29) is 31.1 Å². The Kier molecular flexibility index (Phi) is 49.4. The van der Waals surface area contributed by atoms with E-state index in [0.717, 1.165) is 89.9 Å². The number of hydrogen-bond donors (Lipinski definition) is 0. The molecule has 0 aliphatic carbocycles. The van der Waals surface area contributed by atoms with Gasteiger partial charge in [-0.2, -0.15) is 0 Å². The van der Waals surface area contributed by atoms with Gasteiger partial charge in [-0.15, -0.1) is 0 Å². The summed E-state index contributed by atoms with van der Waals surface area (Å²) in [5, 5.41) is 0. The summed E-state index contributed by atoms with van der Waals surface area (Å²) in [6, 6.07) is 0. The van der Waals surface area contributed by atoms with Gasteiger partial charge in [-0.25, -0.2) is 0 Å². The molecule has 0 N–H and O–H groups in total. The number of ether oxygens (including phenoxy) is 3. The highest BCUT2D eigenvalue weighted by atomic mass is 16.6. The molecular weight excluding hydrogens is 781 g/mol. The van der Waals surface area contributed by atoms with E-state index >= 15 is 0 Å². The Hall–Kier alpha value is -2.89. The van der Waals surface area contributed by atoms with Crippen molar-refractivity contribution in [3.05, 3.63) is 60.8 Å². The van der Waals surface area contributed by atoms with Gasteiger partial charge in [0.05, 0.1) is 0 Å². The number of allylic oxidation sites excluding steroid dienone is 10. The van der Waals surface area contributed by atoms with E-state index < -0.39 is 6.10 Å². The highest BCUT2D eigenvalue weighted by Gasteiger charge is 2.19. The molecule has 0 bridgehead atoms. The smallest absolute Gasteiger partial charge is 0.306 e. The molecule has 0 radical (unpaired) electrons. The molecule has 0 saturated carbocycles. The largest absolute Gasteiger partial charge is 0.462 e. The lowest BCUT2D eigenvalue weighted by Gasteiger charge is -2.18. The Morgan fingerprint density at radius 1 is 0.317 bits per heavy atom. The molecule has 0 saturated heterocycles. The molecular formula is C57H100O6. The van der Waals surface area contributed by atoms with Gasteiger partial charge < -0.3 is 14.2 Å². The summed E-state index contributed by atoms with van der Waals surface area (Å²) in [5.74, 6) is -0.909. The molecule has 0 amide bonds. The monoisotopic (exact) mass is 881 g/mol. The predicted molar refractivity (Wildman–Crippen MR) is 270 cm³/mol. The number of unbranched alkanes of at least 4 members (excludes halogenated alkanes) is 30. The number of carbonyl (C=O) groups is 3. The van der Waals surface area contributed by atoms with Crippen molar-refractivity contribution in [1.82, 2.24) is 0 Å². The van der Waals surface area contributed by atoms with Gasteiger partial charge >= 0.3 is 17.9 Å². The molecule has 63 heavy (non-hydrogen) atoms. The third kappa shape index (κ3) is 50.0. The van der Waals surface area contributed by atoms with E-state index in [4.69, 9.17) is 14.2 Å². The van der Waals surface area contributed by atoms with E-state index in [9.17, 15) is 14.4 Å². The lowest BCUT2D eigenvalue weighted by Crippen LogP contribution is -2.30. The maximum Gasteiger partial charge on any atom is 0.306 e. The van der Waals surface area contributed by atoms with Gasteiger partial charge in [0.2, 0.25) is 0 Å². The van der Waals surface area contributed by atoms with Crippen LogP contribution >= 0.6 is 0 Å². The number of rotatable bonds is 48. The van der Waals surface area contributed by atoms with Gasteiger partial charge in [0.1, 0.15) is 13.2 Å². The van der Waals surface area contributed by atoms with Crippen molar-refractivity contribution in [1.29, 1.82) is 0 Å². The van der Waals surface area contributed by atoms with Gasteiger partial charge in [-0.05, 0) is 64.2 Å². The van der Waals surface area contributed by atoms with Crippen LogP contribution < -0.4 is 0 Å². The van der Waals surface area contributed by atoms with Crippen LogP contribution in [0.4, 0.5) is 0 Å². The SMILES string of the molecule is CCCC/C=C\CCCCCCCC(=O)OCC(COC(=O)CCCCCCC\C=C/C=C\C=C/C=C\CCCCC)OC(=O)CCCCCCCCCCCCCCCCCC. The van der Waals surface area contributed by atoms with Crippen molar-refractivity contribution in [2.45, 2.75) is 271 Å². The molecule has 0 spiro atoms. The van der Waals surface area contributed by atoms with E-state index in [1.807, 2.05) is 0 Å². The zero-order valence-electron chi connectivity index (χ0n) is 41.6. The number of esters is 3. The fraction of sp³-hybridized carbons (Fsp3) is 0.772. The molecule has 0 aliphatic heterocycles. The first-order valence-electron chi connectivity index (χ1n) is 26.8. The highest BCUT2D eigenvalue weighted by molar-refractivity contribution is 5.71. The Labute approximate surface area is 390 Å². The van der Waals surface area contributed by atoms with Crippen LogP contribution in [-0.2, 0) is 28.6 Å². The normalized spacial score (nSPS) is 12.5. The minimum Gasteiger partial charge on any atom is -0.462 e. The van der Waals surface area contributed by atoms with E-state index in [0.29, 0.717) is 19.3 Å². The third-order valence-corrected chi connectivity index (χ3v) is 11.6. The summed E-state index contributed by atoms with van der Waals surface area (Å²) in [7, 11) is 0. The van der Waals surface area contributed by atoms with Crippen molar-refractivity contribution in [3.8, 4) is 0 Å². The summed E-state index contributed by atoms with van der Waals surface area (Å²) in [6.45, 7) is 6.55. The average Bonchev–Trinajstić information content (AvgIpc) is 3.28.